The average molecular weight is 387 g/mol. The summed E-state index contributed by atoms with van der Waals surface area (Å²) in [4.78, 5) is 36.9. The quantitative estimate of drug-likeness (QED) is 0.800. The van der Waals surface area contributed by atoms with Gasteiger partial charge in [-0.25, -0.2) is 9.78 Å². The number of urea groups is 1. The molecule has 0 aromatic carbocycles. The van der Waals surface area contributed by atoms with Gasteiger partial charge in [0.2, 0.25) is 0 Å². The number of fused-ring (bicyclic) bond motifs is 1. The highest BCUT2D eigenvalue weighted by Gasteiger charge is 2.37. The first-order chi connectivity index (χ1) is 13.6. The van der Waals surface area contributed by atoms with Gasteiger partial charge in [-0.2, -0.15) is 0 Å². The van der Waals surface area contributed by atoms with Crippen LogP contribution >= 0.6 is 0 Å². The number of amides is 2. The Kier molecular flexibility index (Phi) is 5.75. The van der Waals surface area contributed by atoms with Crippen LogP contribution < -0.4 is 10.2 Å². The number of nitrogens with zero attached hydrogens (tertiary/aromatic N) is 4. The van der Waals surface area contributed by atoms with Gasteiger partial charge in [-0.15, -0.1) is 0 Å². The summed E-state index contributed by atoms with van der Waals surface area (Å²) >= 11 is 0. The number of carboxylic acids is 1. The van der Waals surface area contributed by atoms with E-state index in [-0.39, 0.29) is 18.5 Å². The second-order valence-electron chi connectivity index (χ2n) is 8.11. The minimum Gasteiger partial charge on any atom is -0.481 e. The number of aromatic nitrogens is 2. The molecule has 152 valence electrons. The van der Waals surface area contributed by atoms with Gasteiger partial charge in [-0.1, -0.05) is 0 Å². The molecular weight excluding hydrogens is 358 g/mol. The Bertz CT molecular complexity index is 733. The molecule has 0 radical (unpaired) electrons. The van der Waals surface area contributed by atoms with Gasteiger partial charge in [-0.05, 0) is 38.0 Å². The summed E-state index contributed by atoms with van der Waals surface area (Å²) in [5.74, 6) is 0.429. The molecule has 2 N–H and O–H groups in total. The summed E-state index contributed by atoms with van der Waals surface area (Å²) in [6, 6.07) is 0.298. The SMILES string of the molecule is O=C(O)CCC1CCC(N2CCN(c3cnc4c(n3)CCNCC4)C2=O)CC1. The maximum absolute atomic E-state index is 13.0. The van der Waals surface area contributed by atoms with Crippen molar-refractivity contribution in [3.63, 3.8) is 0 Å². The molecule has 2 fully saturated rings. The second-order valence-corrected chi connectivity index (χ2v) is 8.11. The van der Waals surface area contributed by atoms with E-state index in [0.717, 1.165) is 76.0 Å². The van der Waals surface area contributed by atoms with Gasteiger partial charge >= 0.3 is 12.0 Å². The highest BCUT2D eigenvalue weighted by molar-refractivity contribution is 5.93. The molecule has 1 aromatic heterocycles. The lowest BCUT2D eigenvalue weighted by Crippen LogP contribution is -2.41. The molecule has 3 heterocycles. The molecule has 0 spiro atoms. The zero-order valence-corrected chi connectivity index (χ0v) is 16.3. The van der Waals surface area contributed by atoms with E-state index in [9.17, 15) is 9.59 Å². The van der Waals surface area contributed by atoms with E-state index in [1.165, 1.54) is 0 Å². The van der Waals surface area contributed by atoms with Crippen molar-refractivity contribution >= 4 is 17.8 Å². The van der Waals surface area contributed by atoms with E-state index < -0.39 is 5.97 Å². The minimum absolute atomic E-state index is 0.0370. The molecule has 0 bridgehead atoms. The number of carbonyl (C=O) groups excluding carboxylic acids is 1. The van der Waals surface area contributed by atoms with Crippen LogP contribution in [0.5, 0.6) is 0 Å². The Balaban J connectivity index is 1.37. The molecule has 1 saturated heterocycles. The van der Waals surface area contributed by atoms with Gasteiger partial charge in [0.15, 0.2) is 5.82 Å². The summed E-state index contributed by atoms with van der Waals surface area (Å²) < 4.78 is 0. The number of rotatable bonds is 5. The Hall–Kier alpha value is -2.22. The van der Waals surface area contributed by atoms with Crippen molar-refractivity contribution in [2.75, 3.05) is 31.1 Å². The van der Waals surface area contributed by atoms with E-state index in [4.69, 9.17) is 10.1 Å². The molecular formula is C20H29N5O3. The number of carbonyl (C=O) groups is 2. The normalized spacial score (nSPS) is 25.5. The maximum Gasteiger partial charge on any atom is 0.326 e. The monoisotopic (exact) mass is 387 g/mol. The fourth-order valence-corrected chi connectivity index (χ4v) is 4.70. The van der Waals surface area contributed by atoms with E-state index in [2.05, 4.69) is 10.3 Å². The lowest BCUT2D eigenvalue weighted by atomic mass is 9.83. The van der Waals surface area contributed by atoms with Gasteiger partial charge in [0.05, 0.1) is 17.6 Å². The smallest absolute Gasteiger partial charge is 0.326 e. The number of hydrogen-bond acceptors (Lipinski definition) is 5. The molecule has 1 aromatic rings. The van der Waals surface area contributed by atoms with Crippen LogP contribution in [0.4, 0.5) is 10.6 Å². The summed E-state index contributed by atoms with van der Waals surface area (Å²) in [5.41, 5.74) is 2.05. The molecule has 0 atom stereocenters. The van der Waals surface area contributed by atoms with Crippen molar-refractivity contribution < 1.29 is 14.7 Å². The molecule has 0 unspecified atom stereocenters. The van der Waals surface area contributed by atoms with Crippen molar-refractivity contribution in [2.45, 2.75) is 57.4 Å². The number of anilines is 1. The molecule has 28 heavy (non-hydrogen) atoms. The van der Waals surface area contributed by atoms with Crippen molar-refractivity contribution in [1.82, 2.24) is 20.2 Å². The van der Waals surface area contributed by atoms with E-state index in [1.807, 2.05) is 4.90 Å². The van der Waals surface area contributed by atoms with Gasteiger partial charge in [0.1, 0.15) is 0 Å². The van der Waals surface area contributed by atoms with Crippen LogP contribution in [0.1, 0.15) is 49.9 Å². The van der Waals surface area contributed by atoms with Crippen LogP contribution in [0.2, 0.25) is 0 Å². The highest BCUT2D eigenvalue weighted by atomic mass is 16.4. The first-order valence-corrected chi connectivity index (χ1v) is 10.5. The van der Waals surface area contributed by atoms with Gasteiger partial charge in [-0.3, -0.25) is 14.7 Å². The van der Waals surface area contributed by atoms with Gasteiger partial charge < -0.3 is 15.3 Å². The molecule has 2 amide bonds. The van der Waals surface area contributed by atoms with Gasteiger partial charge in [0, 0.05) is 51.5 Å². The van der Waals surface area contributed by atoms with Crippen molar-refractivity contribution in [2.24, 2.45) is 5.92 Å². The first kappa shape index (κ1) is 19.1. The lowest BCUT2D eigenvalue weighted by molar-refractivity contribution is -0.137. The molecule has 8 heteroatoms. The number of carboxylic acid groups (broad SMARTS) is 1. The molecule has 2 aliphatic heterocycles. The topological polar surface area (TPSA) is 98.7 Å². The van der Waals surface area contributed by atoms with Crippen molar-refractivity contribution in [1.29, 1.82) is 0 Å². The molecule has 8 nitrogen and oxygen atoms in total. The fraction of sp³-hybridized carbons (Fsp3) is 0.700. The Morgan fingerprint density at radius 3 is 2.64 bits per heavy atom. The highest BCUT2D eigenvalue weighted by Crippen LogP contribution is 2.32. The van der Waals surface area contributed by atoms with E-state index in [0.29, 0.717) is 18.3 Å². The van der Waals surface area contributed by atoms with Crippen LogP contribution in [0.3, 0.4) is 0 Å². The maximum atomic E-state index is 13.0. The van der Waals surface area contributed by atoms with Crippen LogP contribution in [0.15, 0.2) is 6.20 Å². The average Bonchev–Trinajstić information content (AvgIpc) is 2.93. The van der Waals surface area contributed by atoms with E-state index >= 15 is 0 Å². The molecule has 1 aliphatic carbocycles. The van der Waals surface area contributed by atoms with Crippen LogP contribution in [0.25, 0.3) is 0 Å². The predicted molar refractivity (Wildman–Crippen MR) is 104 cm³/mol. The standard InChI is InChI=1S/C20H29N5O3/c26-19(27)6-3-14-1-4-15(5-2-14)24-11-12-25(20(24)28)18-13-22-16-7-9-21-10-8-17(16)23-18/h13-15,21H,1-12H2,(H,26,27). The van der Waals surface area contributed by atoms with Gasteiger partial charge in [0.25, 0.3) is 0 Å². The summed E-state index contributed by atoms with van der Waals surface area (Å²) in [7, 11) is 0. The Morgan fingerprint density at radius 1 is 1.14 bits per heavy atom. The van der Waals surface area contributed by atoms with Crippen molar-refractivity contribution in [3.8, 4) is 0 Å². The summed E-state index contributed by atoms with van der Waals surface area (Å²) in [5, 5.41) is 12.2. The third kappa shape index (κ3) is 4.11. The van der Waals surface area contributed by atoms with Crippen LogP contribution in [0, 0.1) is 5.92 Å². The molecule has 3 aliphatic rings. The number of hydrogen-bond donors (Lipinski definition) is 2. The molecule has 4 rings (SSSR count). The van der Waals surface area contributed by atoms with Crippen molar-refractivity contribution in [3.05, 3.63) is 17.6 Å². The number of nitrogens with one attached hydrogen (secondary N) is 1. The lowest BCUT2D eigenvalue weighted by Gasteiger charge is -2.34. The van der Waals surface area contributed by atoms with E-state index in [1.54, 1.807) is 11.1 Å². The Morgan fingerprint density at radius 2 is 1.89 bits per heavy atom. The summed E-state index contributed by atoms with van der Waals surface area (Å²) in [6.45, 7) is 3.20. The van der Waals surface area contributed by atoms with Crippen LogP contribution in [-0.4, -0.2) is 64.2 Å². The number of aliphatic carboxylic acids is 1. The zero-order valence-electron chi connectivity index (χ0n) is 16.3. The third-order valence-electron chi connectivity index (χ3n) is 6.34. The Labute approximate surface area is 165 Å². The largest absolute Gasteiger partial charge is 0.481 e. The second kappa shape index (κ2) is 8.43. The first-order valence-electron chi connectivity index (χ1n) is 10.5. The molecule has 1 saturated carbocycles. The summed E-state index contributed by atoms with van der Waals surface area (Å²) in [6.07, 6.45) is 8.42. The minimum atomic E-state index is -0.717. The van der Waals surface area contributed by atoms with Crippen LogP contribution in [-0.2, 0) is 17.6 Å². The zero-order chi connectivity index (χ0) is 19.5. The predicted octanol–water partition coefficient (Wildman–Crippen LogP) is 1.83. The fourth-order valence-electron chi connectivity index (χ4n) is 4.70. The third-order valence-corrected chi connectivity index (χ3v) is 6.34.